The number of rotatable bonds is 4. The van der Waals surface area contributed by atoms with Gasteiger partial charge in [0.1, 0.15) is 0 Å². The zero-order valence-corrected chi connectivity index (χ0v) is 10.8. The molecule has 4 nitrogen and oxygen atoms in total. The maximum atomic E-state index is 11.5. The molecule has 1 saturated heterocycles. The summed E-state index contributed by atoms with van der Waals surface area (Å²) >= 11 is 2.20. The molecule has 0 aromatic carbocycles. The van der Waals surface area contributed by atoms with Crippen LogP contribution in [0, 0.1) is 5.92 Å². The fourth-order valence-electron chi connectivity index (χ4n) is 1.41. The Morgan fingerprint density at radius 3 is 2.53 bits per heavy atom. The van der Waals surface area contributed by atoms with Gasteiger partial charge in [0, 0.05) is 0 Å². The molecule has 1 aliphatic heterocycles. The quantitative estimate of drug-likeness (QED) is 0.538. The van der Waals surface area contributed by atoms with Crippen LogP contribution in [0.15, 0.2) is 0 Å². The van der Waals surface area contributed by atoms with E-state index in [9.17, 15) is 14.4 Å². The second-order valence-corrected chi connectivity index (χ2v) is 5.28. The number of hydrogen-bond donors (Lipinski definition) is 0. The Hall–Kier alpha value is -0.671. The number of carbonyl (C=O) groups is 3. The van der Waals surface area contributed by atoms with E-state index < -0.39 is 0 Å². The van der Waals surface area contributed by atoms with E-state index in [2.05, 4.69) is 16.0 Å². The summed E-state index contributed by atoms with van der Waals surface area (Å²) in [7, 11) is 0. The Kier molecular flexibility index (Phi) is 4.05. The van der Waals surface area contributed by atoms with Crippen LogP contribution in [-0.2, 0) is 14.4 Å². The van der Waals surface area contributed by atoms with E-state index in [-0.39, 0.29) is 47.7 Å². The first-order valence-corrected chi connectivity index (χ1v) is 6.06. The van der Waals surface area contributed by atoms with Gasteiger partial charge in [-0.25, -0.2) is 0 Å². The summed E-state index contributed by atoms with van der Waals surface area (Å²) < 4.78 is 0. The molecule has 84 valence electrons. The van der Waals surface area contributed by atoms with Crippen molar-refractivity contribution in [3.8, 4) is 0 Å². The Balaban J connectivity index is 2.49. The van der Waals surface area contributed by atoms with Crippen LogP contribution >= 0.6 is 0 Å². The molecule has 1 heterocycles. The van der Waals surface area contributed by atoms with Crippen molar-refractivity contribution in [2.45, 2.75) is 31.5 Å². The Labute approximate surface area is 97.2 Å². The van der Waals surface area contributed by atoms with Gasteiger partial charge >= 0.3 is 96.9 Å². The van der Waals surface area contributed by atoms with Crippen LogP contribution in [0.1, 0.15) is 26.7 Å². The molecule has 0 aromatic heterocycles. The summed E-state index contributed by atoms with van der Waals surface area (Å²) in [5.41, 5.74) is 0. The molecule has 15 heavy (non-hydrogen) atoms. The van der Waals surface area contributed by atoms with Crippen LogP contribution in [0.2, 0.25) is 4.82 Å². The third kappa shape index (κ3) is 2.89. The van der Waals surface area contributed by atoms with Crippen molar-refractivity contribution in [1.82, 2.24) is 4.90 Å². The average molecular weight is 276 g/mol. The molecular weight excluding hydrogens is 261 g/mol. The first kappa shape index (κ1) is 12.4. The Morgan fingerprint density at radius 2 is 2.13 bits per heavy atom. The zero-order chi connectivity index (χ0) is 11.6. The normalized spacial score (nSPS) is 21.6. The Morgan fingerprint density at radius 1 is 1.53 bits per heavy atom. The number of imide groups is 1. The third-order valence-electron chi connectivity index (χ3n) is 2.45. The molecule has 0 aromatic rings. The fraction of sp³-hybridized carbons (Fsp3) is 0.700. The average Bonchev–Trinajstić information content (AvgIpc) is 2.38. The number of amides is 2. The van der Waals surface area contributed by atoms with Crippen molar-refractivity contribution in [3.05, 3.63) is 0 Å². The van der Waals surface area contributed by atoms with Crippen LogP contribution in [0.25, 0.3) is 0 Å². The molecule has 2 amide bonds. The van der Waals surface area contributed by atoms with Crippen molar-refractivity contribution < 1.29 is 14.4 Å². The molecule has 5 heteroatoms. The summed E-state index contributed by atoms with van der Waals surface area (Å²) in [6.07, 6.45) is 0.531. The van der Waals surface area contributed by atoms with Crippen molar-refractivity contribution in [3.63, 3.8) is 0 Å². The second-order valence-electron chi connectivity index (χ2n) is 3.97. The van der Waals surface area contributed by atoms with Gasteiger partial charge in [-0.15, -0.1) is 0 Å². The maximum absolute atomic E-state index is 11.5. The third-order valence-corrected chi connectivity index (χ3v) is 3.29. The van der Waals surface area contributed by atoms with E-state index >= 15 is 0 Å². The fourth-order valence-corrected chi connectivity index (χ4v) is 2.03. The molecule has 1 unspecified atom stereocenters. The number of carbonyl (C=O) groups excluding carboxylic acids is 3. The van der Waals surface area contributed by atoms with Gasteiger partial charge in [-0.3, -0.25) is 0 Å². The monoisotopic (exact) mass is 277 g/mol. The predicted octanol–water partition coefficient (Wildman–Crippen LogP) is 0.0498. The van der Waals surface area contributed by atoms with Crippen LogP contribution in [0.4, 0.5) is 0 Å². The van der Waals surface area contributed by atoms with E-state index in [0.29, 0.717) is 0 Å². The molecule has 0 radical (unpaired) electrons. The first-order chi connectivity index (χ1) is 6.93. The molecule has 1 aliphatic rings. The van der Waals surface area contributed by atoms with Crippen molar-refractivity contribution in [2.75, 3.05) is 6.54 Å². The van der Waals surface area contributed by atoms with Gasteiger partial charge in [0.2, 0.25) is 0 Å². The topological polar surface area (TPSA) is 54.5 Å². The van der Waals surface area contributed by atoms with E-state index in [1.54, 1.807) is 0 Å². The van der Waals surface area contributed by atoms with Crippen LogP contribution in [0.3, 0.4) is 0 Å². The van der Waals surface area contributed by atoms with Gasteiger partial charge in [-0.2, -0.15) is 0 Å². The Bertz CT molecular complexity index is 301. The van der Waals surface area contributed by atoms with Gasteiger partial charge in [0.25, 0.3) is 0 Å². The molecule has 0 aliphatic carbocycles. The van der Waals surface area contributed by atoms with Crippen LogP contribution < -0.4 is 0 Å². The molecule has 0 saturated carbocycles. The summed E-state index contributed by atoms with van der Waals surface area (Å²) in [4.78, 5) is 35.1. The van der Waals surface area contributed by atoms with Gasteiger partial charge in [0.15, 0.2) is 0 Å². The SMILES string of the molecule is CC(C)C(=O)CCN1C(=O)CC([SeH])C1=O. The minimum atomic E-state index is -0.279. The van der Waals surface area contributed by atoms with E-state index in [1.165, 1.54) is 4.90 Å². The molecular formula is C10H15NO3Se. The number of likely N-dealkylation sites (tertiary alicyclic amines) is 1. The van der Waals surface area contributed by atoms with Gasteiger partial charge < -0.3 is 0 Å². The molecule has 0 N–H and O–H groups in total. The van der Waals surface area contributed by atoms with Crippen LogP contribution in [0.5, 0.6) is 0 Å². The number of Topliss-reactive ketones (excluding diaryl/α,β-unsaturated/α-hetero) is 1. The summed E-state index contributed by atoms with van der Waals surface area (Å²) in [5, 5.41) is 0. The number of nitrogens with zero attached hydrogens (tertiary/aromatic N) is 1. The summed E-state index contributed by atoms with van der Waals surface area (Å²) in [6.45, 7) is 3.87. The summed E-state index contributed by atoms with van der Waals surface area (Å²) in [5.74, 6) is -0.283. The van der Waals surface area contributed by atoms with Crippen molar-refractivity contribution in [2.24, 2.45) is 5.92 Å². The molecule has 0 spiro atoms. The van der Waals surface area contributed by atoms with Crippen LogP contribution in [-0.4, -0.2) is 45.1 Å². The van der Waals surface area contributed by atoms with Gasteiger partial charge in [0.05, 0.1) is 0 Å². The standard InChI is InChI=1S/C10H15NO3Se/c1-6(2)7(12)3-4-11-9(13)5-8(15)10(11)14/h6,8,15H,3-5H2,1-2H3. The molecule has 1 atom stereocenters. The van der Waals surface area contributed by atoms with E-state index in [4.69, 9.17) is 0 Å². The van der Waals surface area contributed by atoms with Gasteiger partial charge in [-0.05, 0) is 0 Å². The second kappa shape index (κ2) is 4.90. The minimum absolute atomic E-state index is 0.0361. The molecule has 1 rings (SSSR count). The number of hydrogen-bond acceptors (Lipinski definition) is 3. The molecule has 0 bridgehead atoms. The van der Waals surface area contributed by atoms with Crippen molar-refractivity contribution in [1.29, 1.82) is 0 Å². The van der Waals surface area contributed by atoms with Gasteiger partial charge in [-0.1, -0.05) is 0 Å². The molecule has 1 fully saturated rings. The van der Waals surface area contributed by atoms with E-state index in [0.717, 1.165) is 0 Å². The zero-order valence-electron chi connectivity index (χ0n) is 8.90. The first-order valence-electron chi connectivity index (χ1n) is 4.98. The summed E-state index contributed by atoms with van der Waals surface area (Å²) in [6, 6.07) is 0. The number of ketones is 1. The predicted molar refractivity (Wildman–Crippen MR) is 56.7 cm³/mol. The van der Waals surface area contributed by atoms with Crippen molar-refractivity contribution >= 4 is 33.6 Å². The van der Waals surface area contributed by atoms with E-state index in [1.807, 2.05) is 13.8 Å².